The van der Waals surface area contributed by atoms with Crippen molar-refractivity contribution in [1.82, 2.24) is 20.5 Å². The Morgan fingerprint density at radius 1 is 1.06 bits per heavy atom. The SMILES string of the molecule is Cc1ncsc1-c1ccc([C@H](C)NC(=O)[C@@H]2C[C@@H](O)CN2C(=O)[C@@H](NC(=O)CCCCc2ccc(CO[C@H](C)CCCC(N)=O)c(F)c2)C(C)(C)C)cc1. The van der Waals surface area contributed by atoms with Crippen molar-refractivity contribution in [2.75, 3.05) is 6.54 Å². The van der Waals surface area contributed by atoms with Crippen LogP contribution in [0.3, 0.4) is 0 Å². The normalized spacial score (nSPS) is 17.5. The maximum Gasteiger partial charge on any atom is 0.246 e. The van der Waals surface area contributed by atoms with Gasteiger partial charge in [0.15, 0.2) is 0 Å². The standard InChI is InChI=1S/C41H56FN5O6S/c1-25(10-9-12-35(43)49)53-23-31-15-14-28(20-33(31)42)11-7-8-13-36(50)46-38(41(4,5)6)40(52)47-22-32(48)21-34(47)39(51)45-26(2)29-16-18-30(19-17-29)37-27(3)44-24-54-37/h14-20,24-26,32,34,38,48H,7-13,21-23H2,1-6H3,(H2,43,49)(H,45,51)(H,46,50)/t25-,26+,32-,34+,38-/m1/s1. The molecule has 0 spiro atoms. The van der Waals surface area contributed by atoms with Gasteiger partial charge in [-0.1, -0.05) is 57.2 Å². The third-order valence-corrected chi connectivity index (χ3v) is 10.8. The van der Waals surface area contributed by atoms with Gasteiger partial charge in [0.05, 0.1) is 40.9 Å². The van der Waals surface area contributed by atoms with Gasteiger partial charge in [0, 0.05) is 31.4 Å². The Balaban J connectivity index is 1.27. The van der Waals surface area contributed by atoms with E-state index in [1.165, 1.54) is 11.0 Å². The number of β-amino-alcohol motifs (C(OH)–C–C–N with tert-alkyl or cyclic N) is 1. The number of ether oxygens (including phenoxy) is 1. The lowest BCUT2D eigenvalue weighted by molar-refractivity contribution is -0.144. The molecule has 54 heavy (non-hydrogen) atoms. The highest BCUT2D eigenvalue weighted by molar-refractivity contribution is 7.13. The lowest BCUT2D eigenvalue weighted by atomic mass is 9.85. The fourth-order valence-corrected chi connectivity index (χ4v) is 7.42. The number of benzene rings is 2. The number of nitrogens with zero attached hydrogens (tertiary/aromatic N) is 2. The summed E-state index contributed by atoms with van der Waals surface area (Å²) >= 11 is 1.57. The zero-order chi connectivity index (χ0) is 39.6. The van der Waals surface area contributed by atoms with E-state index in [-0.39, 0.29) is 61.7 Å². The van der Waals surface area contributed by atoms with E-state index in [2.05, 4.69) is 15.6 Å². The third-order valence-electron chi connectivity index (χ3n) is 9.85. The number of carbonyl (C=O) groups excluding carboxylic acids is 4. The number of thiazole rings is 1. The number of aliphatic hydroxyl groups is 1. The number of hydrogen-bond acceptors (Lipinski definition) is 8. The zero-order valence-electron chi connectivity index (χ0n) is 32.3. The van der Waals surface area contributed by atoms with Crippen LogP contribution in [0.25, 0.3) is 10.4 Å². The van der Waals surface area contributed by atoms with E-state index in [1.807, 2.05) is 77.4 Å². The molecule has 1 fully saturated rings. The van der Waals surface area contributed by atoms with Gasteiger partial charge >= 0.3 is 0 Å². The summed E-state index contributed by atoms with van der Waals surface area (Å²) in [5, 5.41) is 16.5. The second kappa shape index (κ2) is 19.4. The van der Waals surface area contributed by atoms with Crippen molar-refractivity contribution in [3.8, 4) is 10.4 Å². The first kappa shape index (κ1) is 42.5. The minimum Gasteiger partial charge on any atom is -0.391 e. The number of primary amides is 1. The molecule has 1 aromatic heterocycles. The van der Waals surface area contributed by atoms with Gasteiger partial charge in [0.1, 0.15) is 17.9 Å². The second-order valence-corrected chi connectivity index (χ2v) is 16.3. The molecule has 1 aliphatic heterocycles. The molecular formula is C41H56FN5O6S. The van der Waals surface area contributed by atoms with E-state index in [9.17, 15) is 28.7 Å². The Morgan fingerprint density at radius 3 is 2.41 bits per heavy atom. The smallest absolute Gasteiger partial charge is 0.246 e. The van der Waals surface area contributed by atoms with Gasteiger partial charge in [-0.05, 0) is 81.0 Å². The molecule has 0 aliphatic carbocycles. The maximum absolute atomic E-state index is 14.8. The molecule has 0 saturated carbocycles. The topological polar surface area (TPSA) is 164 Å². The van der Waals surface area contributed by atoms with Crippen molar-refractivity contribution in [2.24, 2.45) is 11.1 Å². The number of likely N-dealkylation sites (tertiary alicyclic amines) is 1. The monoisotopic (exact) mass is 765 g/mol. The highest BCUT2D eigenvalue weighted by atomic mass is 32.1. The quantitative estimate of drug-likeness (QED) is 0.117. The molecule has 2 heterocycles. The molecule has 3 aromatic rings. The molecule has 2 aromatic carbocycles. The van der Waals surface area contributed by atoms with Crippen LogP contribution in [0, 0.1) is 18.2 Å². The fraction of sp³-hybridized carbons (Fsp3) is 0.537. The highest BCUT2D eigenvalue weighted by Crippen LogP contribution is 2.30. The first-order chi connectivity index (χ1) is 25.5. The van der Waals surface area contributed by atoms with E-state index in [0.717, 1.165) is 27.3 Å². The van der Waals surface area contributed by atoms with Crippen LogP contribution in [-0.2, 0) is 36.9 Å². The van der Waals surface area contributed by atoms with Gasteiger partial charge in [-0.25, -0.2) is 9.37 Å². The number of unbranched alkanes of at least 4 members (excludes halogenated alkanes) is 1. The van der Waals surface area contributed by atoms with Crippen molar-refractivity contribution in [1.29, 1.82) is 0 Å². The summed E-state index contributed by atoms with van der Waals surface area (Å²) in [6.45, 7) is 11.4. The van der Waals surface area contributed by atoms with E-state index in [1.54, 1.807) is 17.4 Å². The van der Waals surface area contributed by atoms with Crippen molar-refractivity contribution < 1.29 is 33.4 Å². The Hall–Kier alpha value is -4.20. The van der Waals surface area contributed by atoms with Crippen LogP contribution >= 0.6 is 11.3 Å². The number of aliphatic hydroxyl groups excluding tert-OH is 1. The molecule has 11 nitrogen and oxygen atoms in total. The molecular weight excluding hydrogens is 710 g/mol. The van der Waals surface area contributed by atoms with Crippen LogP contribution in [0.4, 0.5) is 4.39 Å². The van der Waals surface area contributed by atoms with Crippen LogP contribution in [0.5, 0.6) is 0 Å². The minimum absolute atomic E-state index is 0.00585. The minimum atomic E-state index is -0.916. The summed E-state index contributed by atoms with van der Waals surface area (Å²) in [4.78, 5) is 58.4. The molecule has 0 unspecified atom stereocenters. The van der Waals surface area contributed by atoms with Gasteiger partial charge in [-0.15, -0.1) is 11.3 Å². The summed E-state index contributed by atoms with van der Waals surface area (Å²) in [7, 11) is 0. The van der Waals surface area contributed by atoms with Crippen LogP contribution in [0.2, 0.25) is 0 Å². The molecule has 13 heteroatoms. The van der Waals surface area contributed by atoms with Gasteiger partial charge in [0.2, 0.25) is 23.6 Å². The molecule has 5 atom stereocenters. The Bertz CT molecular complexity index is 1740. The summed E-state index contributed by atoms with van der Waals surface area (Å²) in [5.74, 6) is -1.78. The predicted molar refractivity (Wildman–Crippen MR) is 208 cm³/mol. The second-order valence-electron chi connectivity index (χ2n) is 15.5. The van der Waals surface area contributed by atoms with E-state index in [4.69, 9.17) is 10.5 Å². The maximum atomic E-state index is 14.8. The van der Waals surface area contributed by atoms with Crippen molar-refractivity contribution in [3.63, 3.8) is 0 Å². The number of nitrogens with two attached hydrogens (primary N) is 1. The average molecular weight is 766 g/mol. The summed E-state index contributed by atoms with van der Waals surface area (Å²) < 4.78 is 20.5. The number of amides is 4. The Morgan fingerprint density at radius 2 is 1.78 bits per heavy atom. The first-order valence-corrected chi connectivity index (χ1v) is 19.7. The van der Waals surface area contributed by atoms with Crippen molar-refractivity contribution in [2.45, 2.75) is 130 Å². The van der Waals surface area contributed by atoms with Crippen LogP contribution in [0.1, 0.15) is 108 Å². The number of halogens is 1. The molecule has 0 bridgehead atoms. The van der Waals surface area contributed by atoms with Gasteiger partial charge in [-0.3, -0.25) is 19.2 Å². The van der Waals surface area contributed by atoms with Crippen LogP contribution in [-0.4, -0.2) is 69.5 Å². The number of aryl methyl sites for hydroxylation is 2. The zero-order valence-corrected chi connectivity index (χ0v) is 33.1. The summed E-state index contributed by atoms with van der Waals surface area (Å²) in [5.41, 5.74) is 10.5. The highest BCUT2D eigenvalue weighted by Gasteiger charge is 2.44. The number of carbonyl (C=O) groups is 4. The van der Waals surface area contributed by atoms with Crippen LogP contribution in [0.15, 0.2) is 48.0 Å². The number of hydrogen-bond donors (Lipinski definition) is 4. The molecule has 4 amide bonds. The lowest BCUT2D eigenvalue weighted by Crippen LogP contribution is -2.57. The Kier molecular flexibility index (Phi) is 15.3. The third kappa shape index (κ3) is 12.2. The van der Waals surface area contributed by atoms with E-state index in [0.29, 0.717) is 44.1 Å². The van der Waals surface area contributed by atoms with E-state index >= 15 is 0 Å². The summed E-state index contributed by atoms with van der Waals surface area (Å²) in [6, 6.07) is 10.8. The fourth-order valence-electron chi connectivity index (χ4n) is 6.61. The first-order valence-electron chi connectivity index (χ1n) is 18.8. The number of aromatic nitrogens is 1. The molecule has 294 valence electrons. The van der Waals surface area contributed by atoms with Gasteiger partial charge in [-0.2, -0.15) is 0 Å². The van der Waals surface area contributed by atoms with Gasteiger partial charge < -0.3 is 31.1 Å². The molecule has 1 saturated heterocycles. The van der Waals surface area contributed by atoms with Crippen molar-refractivity contribution in [3.05, 3.63) is 76.2 Å². The molecule has 5 N–H and O–H groups in total. The number of nitrogens with one attached hydrogen (secondary N) is 2. The molecule has 0 radical (unpaired) electrons. The Labute approximate surface area is 322 Å². The molecule has 4 rings (SSSR count). The van der Waals surface area contributed by atoms with E-state index < -0.39 is 29.5 Å². The van der Waals surface area contributed by atoms with Gasteiger partial charge in [0.25, 0.3) is 0 Å². The molecule has 1 aliphatic rings. The average Bonchev–Trinajstić information content (AvgIpc) is 3.73. The van der Waals surface area contributed by atoms with Crippen LogP contribution < -0.4 is 16.4 Å². The van der Waals surface area contributed by atoms with Crippen molar-refractivity contribution >= 4 is 35.0 Å². The predicted octanol–water partition coefficient (Wildman–Crippen LogP) is 5.90. The number of rotatable bonds is 18. The lowest BCUT2D eigenvalue weighted by Gasteiger charge is -2.35. The summed E-state index contributed by atoms with van der Waals surface area (Å²) in [6.07, 6.45) is 2.60. The largest absolute Gasteiger partial charge is 0.391 e.